The predicted octanol–water partition coefficient (Wildman–Crippen LogP) is -0.143. The molecule has 4 heteroatoms. The van der Waals surface area contributed by atoms with E-state index in [1.165, 1.54) is 0 Å². The minimum atomic E-state index is -0.464. The Kier molecular flexibility index (Phi) is 5.66. The van der Waals surface area contributed by atoms with E-state index in [4.69, 9.17) is 10.8 Å². The number of carbonyl (C=O) groups is 1. The van der Waals surface area contributed by atoms with Crippen molar-refractivity contribution in [3.8, 4) is 0 Å². The first-order valence-corrected chi connectivity index (χ1v) is 4.64. The van der Waals surface area contributed by atoms with Crippen molar-refractivity contribution < 1.29 is 9.90 Å². The molecule has 0 aliphatic carbocycles. The molecule has 0 rings (SSSR count). The van der Waals surface area contributed by atoms with Gasteiger partial charge in [0.2, 0.25) is 5.91 Å². The van der Waals surface area contributed by atoms with Gasteiger partial charge in [0.05, 0.1) is 12.6 Å². The number of aliphatic hydroxyl groups excluding tert-OH is 1. The lowest BCUT2D eigenvalue weighted by Crippen LogP contribution is -2.46. The molecule has 0 saturated carbocycles. The SMILES string of the molecule is CC(C)C[C@H](N)C(=O)N[C@H](C)CO. The van der Waals surface area contributed by atoms with Gasteiger partial charge in [-0.15, -0.1) is 0 Å². The molecule has 4 nitrogen and oxygen atoms in total. The lowest BCUT2D eigenvalue weighted by molar-refractivity contribution is -0.123. The average molecular weight is 188 g/mol. The molecule has 0 aromatic heterocycles. The Morgan fingerprint density at radius 1 is 1.46 bits per heavy atom. The largest absolute Gasteiger partial charge is 0.394 e. The van der Waals surface area contributed by atoms with E-state index >= 15 is 0 Å². The zero-order valence-electron chi connectivity index (χ0n) is 8.58. The Morgan fingerprint density at radius 2 is 2.00 bits per heavy atom. The van der Waals surface area contributed by atoms with E-state index in [1.54, 1.807) is 6.92 Å². The first-order chi connectivity index (χ1) is 5.97. The highest BCUT2D eigenvalue weighted by molar-refractivity contribution is 5.81. The summed E-state index contributed by atoms with van der Waals surface area (Å²) in [6.07, 6.45) is 0.671. The summed E-state index contributed by atoms with van der Waals surface area (Å²) in [4.78, 5) is 11.3. The highest BCUT2D eigenvalue weighted by atomic mass is 16.3. The Labute approximate surface area is 79.5 Å². The Morgan fingerprint density at radius 3 is 2.38 bits per heavy atom. The van der Waals surface area contributed by atoms with Gasteiger partial charge in [0.25, 0.3) is 0 Å². The number of amides is 1. The van der Waals surface area contributed by atoms with Crippen LogP contribution in [0.2, 0.25) is 0 Å². The third kappa shape index (κ3) is 5.60. The summed E-state index contributed by atoms with van der Waals surface area (Å²) in [7, 11) is 0. The molecule has 0 heterocycles. The highest BCUT2D eigenvalue weighted by Crippen LogP contribution is 2.02. The maximum atomic E-state index is 11.3. The topological polar surface area (TPSA) is 75.4 Å². The molecular weight excluding hydrogens is 168 g/mol. The van der Waals surface area contributed by atoms with Crippen LogP contribution >= 0.6 is 0 Å². The molecular formula is C9H20N2O2. The summed E-state index contributed by atoms with van der Waals surface area (Å²) in [5.74, 6) is 0.223. The zero-order valence-corrected chi connectivity index (χ0v) is 8.58. The van der Waals surface area contributed by atoms with Gasteiger partial charge in [-0.3, -0.25) is 4.79 Å². The number of hydrogen-bond acceptors (Lipinski definition) is 3. The minimum absolute atomic E-state index is 0.0554. The maximum Gasteiger partial charge on any atom is 0.237 e. The smallest absolute Gasteiger partial charge is 0.237 e. The van der Waals surface area contributed by atoms with Crippen LogP contribution < -0.4 is 11.1 Å². The average Bonchev–Trinajstić information content (AvgIpc) is 2.02. The second-order valence-corrected chi connectivity index (χ2v) is 3.83. The number of aliphatic hydroxyl groups is 1. The molecule has 0 aliphatic heterocycles. The van der Waals surface area contributed by atoms with Gasteiger partial charge in [-0.1, -0.05) is 13.8 Å². The third-order valence-electron chi connectivity index (χ3n) is 1.72. The van der Waals surface area contributed by atoms with E-state index in [2.05, 4.69) is 5.32 Å². The van der Waals surface area contributed by atoms with E-state index in [1.807, 2.05) is 13.8 Å². The normalized spacial score (nSPS) is 15.5. The van der Waals surface area contributed by atoms with Gasteiger partial charge in [-0.05, 0) is 19.3 Å². The van der Waals surface area contributed by atoms with Gasteiger partial charge in [0.15, 0.2) is 0 Å². The van der Waals surface area contributed by atoms with Crippen molar-refractivity contribution in [1.29, 1.82) is 0 Å². The summed E-state index contributed by atoms with van der Waals surface area (Å²) in [5.41, 5.74) is 5.63. The van der Waals surface area contributed by atoms with E-state index in [0.29, 0.717) is 12.3 Å². The Bertz CT molecular complexity index is 160. The number of nitrogens with one attached hydrogen (secondary N) is 1. The second kappa shape index (κ2) is 5.94. The van der Waals surface area contributed by atoms with Crippen molar-refractivity contribution in [2.75, 3.05) is 6.61 Å². The van der Waals surface area contributed by atoms with Gasteiger partial charge in [-0.25, -0.2) is 0 Å². The quantitative estimate of drug-likeness (QED) is 0.562. The molecule has 1 amide bonds. The van der Waals surface area contributed by atoms with Crippen molar-refractivity contribution in [1.82, 2.24) is 5.32 Å². The Balaban J connectivity index is 3.82. The van der Waals surface area contributed by atoms with Gasteiger partial charge in [0, 0.05) is 6.04 Å². The molecule has 0 unspecified atom stereocenters. The lowest BCUT2D eigenvalue weighted by atomic mass is 10.0. The van der Waals surface area contributed by atoms with Crippen LogP contribution in [-0.2, 0) is 4.79 Å². The molecule has 2 atom stereocenters. The number of nitrogens with two attached hydrogens (primary N) is 1. The summed E-state index contributed by atoms with van der Waals surface area (Å²) in [6.45, 7) is 5.71. The van der Waals surface area contributed by atoms with E-state index in [0.717, 1.165) is 0 Å². The maximum absolute atomic E-state index is 11.3. The molecule has 78 valence electrons. The van der Waals surface area contributed by atoms with Gasteiger partial charge < -0.3 is 16.2 Å². The molecule has 4 N–H and O–H groups in total. The standard InChI is InChI=1S/C9H20N2O2/c1-6(2)4-8(10)9(13)11-7(3)5-12/h6-8,12H,4-5,10H2,1-3H3,(H,11,13)/t7-,8+/m1/s1. The second-order valence-electron chi connectivity index (χ2n) is 3.83. The summed E-state index contributed by atoms with van der Waals surface area (Å²) in [5, 5.41) is 11.3. The van der Waals surface area contributed by atoms with Crippen molar-refractivity contribution >= 4 is 5.91 Å². The van der Waals surface area contributed by atoms with E-state index < -0.39 is 6.04 Å². The summed E-state index contributed by atoms with van der Waals surface area (Å²) in [6, 6.07) is -0.681. The van der Waals surface area contributed by atoms with Gasteiger partial charge in [0.1, 0.15) is 0 Å². The summed E-state index contributed by atoms with van der Waals surface area (Å²) >= 11 is 0. The fourth-order valence-corrected chi connectivity index (χ4v) is 1.01. The number of carbonyl (C=O) groups excluding carboxylic acids is 1. The van der Waals surface area contributed by atoms with Crippen molar-refractivity contribution in [2.24, 2.45) is 11.7 Å². The monoisotopic (exact) mass is 188 g/mol. The van der Waals surface area contributed by atoms with Crippen LogP contribution in [0.25, 0.3) is 0 Å². The van der Waals surface area contributed by atoms with E-state index in [-0.39, 0.29) is 18.6 Å². The van der Waals surface area contributed by atoms with Crippen LogP contribution in [0, 0.1) is 5.92 Å². The summed E-state index contributed by atoms with van der Waals surface area (Å²) < 4.78 is 0. The third-order valence-corrected chi connectivity index (χ3v) is 1.72. The van der Waals surface area contributed by atoms with Crippen LogP contribution in [-0.4, -0.2) is 29.7 Å². The molecule has 0 aromatic carbocycles. The molecule has 0 fully saturated rings. The van der Waals surface area contributed by atoms with Crippen molar-refractivity contribution in [2.45, 2.75) is 39.3 Å². The number of hydrogen-bond donors (Lipinski definition) is 3. The van der Waals surface area contributed by atoms with Crippen LogP contribution in [0.1, 0.15) is 27.2 Å². The molecule has 0 spiro atoms. The van der Waals surface area contributed by atoms with Crippen LogP contribution in [0.15, 0.2) is 0 Å². The number of rotatable bonds is 5. The fraction of sp³-hybridized carbons (Fsp3) is 0.889. The molecule has 13 heavy (non-hydrogen) atoms. The van der Waals surface area contributed by atoms with Crippen LogP contribution in [0.5, 0.6) is 0 Å². The predicted molar refractivity (Wildman–Crippen MR) is 52.1 cm³/mol. The van der Waals surface area contributed by atoms with Crippen molar-refractivity contribution in [3.63, 3.8) is 0 Å². The molecule has 0 aromatic rings. The lowest BCUT2D eigenvalue weighted by Gasteiger charge is -2.16. The first-order valence-electron chi connectivity index (χ1n) is 4.64. The molecule has 0 aliphatic rings. The first kappa shape index (κ1) is 12.4. The fourth-order valence-electron chi connectivity index (χ4n) is 1.01. The Hall–Kier alpha value is -0.610. The van der Waals surface area contributed by atoms with Crippen LogP contribution in [0.4, 0.5) is 0 Å². The van der Waals surface area contributed by atoms with Crippen molar-refractivity contribution in [3.05, 3.63) is 0 Å². The van der Waals surface area contributed by atoms with Crippen LogP contribution in [0.3, 0.4) is 0 Å². The van der Waals surface area contributed by atoms with E-state index in [9.17, 15) is 4.79 Å². The zero-order chi connectivity index (χ0) is 10.4. The van der Waals surface area contributed by atoms with Gasteiger partial charge >= 0.3 is 0 Å². The minimum Gasteiger partial charge on any atom is -0.394 e. The molecule has 0 bridgehead atoms. The molecule has 0 radical (unpaired) electrons. The highest BCUT2D eigenvalue weighted by Gasteiger charge is 2.16. The van der Waals surface area contributed by atoms with Gasteiger partial charge in [-0.2, -0.15) is 0 Å². The molecule has 0 saturated heterocycles.